The highest BCUT2D eigenvalue weighted by Crippen LogP contribution is 2.36. The van der Waals surface area contributed by atoms with Crippen molar-refractivity contribution in [1.29, 1.82) is 0 Å². The molecule has 1 saturated carbocycles. The third-order valence-electron chi connectivity index (χ3n) is 5.15. The van der Waals surface area contributed by atoms with Crippen molar-refractivity contribution in [3.8, 4) is 0 Å². The Morgan fingerprint density at radius 3 is 2.75 bits per heavy atom. The highest BCUT2D eigenvalue weighted by atomic mass is 28.3. The molecule has 20 heavy (non-hydrogen) atoms. The molecule has 1 aromatic carbocycles. The van der Waals surface area contributed by atoms with Crippen molar-refractivity contribution in [2.24, 2.45) is 5.92 Å². The molecule has 1 N–H and O–H groups in total. The summed E-state index contributed by atoms with van der Waals surface area (Å²) in [4.78, 5) is 0. The van der Waals surface area contributed by atoms with E-state index < -0.39 is 8.07 Å². The van der Waals surface area contributed by atoms with Crippen molar-refractivity contribution in [1.82, 2.24) is 5.32 Å². The highest BCUT2D eigenvalue weighted by Gasteiger charge is 2.34. The van der Waals surface area contributed by atoms with Gasteiger partial charge < -0.3 is 5.32 Å². The number of rotatable bonds is 3. The van der Waals surface area contributed by atoms with Crippen molar-refractivity contribution in [2.45, 2.75) is 50.9 Å². The number of hydrogen-bond donors (Lipinski definition) is 1. The second-order valence-electron chi connectivity index (χ2n) is 7.08. The van der Waals surface area contributed by atoms with Gasteiger partial charge in [0.05, 0.1) is 8.07 Å². The van der Waals surface area contributed by atoms with Gasteiger partial charge >= 0.3 is 0 Å². The van der Waals surface area contributed by atoms with Crippen LogP contribution in [0.1, 0.15) is 25.7 Å². The Morgan fingerprint density at radius 1 is 1.15 bits per heavy atom. The maximum absolute atomic E-state index is 3.72. The lowest BCUT2D eigenvalue weighted by molar-refractivity contribution is 0.378. The summed E-state index contributed by atoms with van der Waals surface area (Å²) in [6, 6.07) is 13.4. The smallest absolute Gasteiger partial charge is 0.0812 e. The van der Waals surface area contributed by atoms with Gasteiger partial charge in [-0.25, -0.2) is 0 Å². The second-order valence-corrected chi connectivity index (χ2v) is 11.8. The van der Waals surface area contributed by atoms with Gasteiger partial charge in [0.1, 0.15) is 0 Å². The van der Waals surface area contributed by atoms with E-state index in [1.807, 2.05) is 0 Å². The maximum atomic E-state index is 3.72. The van der Waals surface area contributed by atoms with Crippen LogP contribution in [0.5, 0.6) is 0 Å². The Morgan fingerprint density at radius 2 is 1.95 bits per heavy atom. The molecule has 108 valence electrons. The second kappa shape index (κ2) is 5.86. The van der Waals surface area contributed by atoms with E-state index in [2.05, 4.69) is 54.8 Å². The van der Waals surface area contributed by atoms with E-state index in [9.17, 15) is 0 Å². The molecule has 0 radical (unpaired) electrons. The van der Waals surface area contributed by atoms with Gasteiger partial charge in [-0.2, -0.15) is 0 Å². The Labute approximate surface area is 124 Å². The number of benzene rings is 1. The summed E-state index contributed by atoms with van der Waals surface area (Å²) in [6.45, 7) is 6.27. The standard InChI is InChI=1S/C18H27NSi/c1-20(2,16-9-4-3-5-10-16)14-15-8-6-12-18-17(15)11-7-13-19-18/h3-5,9-11,15,18-19H,6-8,12-14H2,1-2H3/t15-,18+/m0/s1. The summed E-state index contributed by atoms with van der Waals surface area (Å²) in [7, 11) is -1.31. The molecule has 1 nitrogen and oxygen atoms in total. The number of hydrogen-bond acceptors (Lipinski definition) is 1. The predicted molar refractivity (Wildman–Crippen MR) is 90.2 cm³/mol. The average molecular weight is 286 g/mol. The van der Waals surface area contributed by atoms with Crippen molar-refractivity contribution in [3.05, 3.63) is 42.0 Å². The van der Waals surface area contributed by atoms with Crippen LogP contribution >= 0.6 is 0 Å². The van der Waals surface area contributed by atoms with Gasteiger partial charge in [0.2, 0.25) is 0 Å². The van der Waals surface area contributed by atoms with Gasteiger partial charge in [-0.3, -0.25) is 0 Å². The summed E-state index contributed by atoms with van der Waals surface area (Å²) in [5.41, 5.74) is 1.75. The first-order valence-electron chi connectivity index (χ1n) is 8.16. The average Bonchev–Trinajstić information content (AvgIpc) is 2.48. The van der Waals surface area contributed by atoms with E-state index in [1.165, 1.54) is 38.3 Å². The molecular weight excluding hydrogens is 258 g/mol. The summed E-state index contributed by atoms with van der Waals surface area (Å²) >= 11 is 0. The van der Waals surface area contributed by atoms with Crippen LogP contribution in [-0.2, 0) is 0 Å². The third-order valence-corrected chi connectivity index (χ3v) is 8.56. The van der Waals surface area contributed by atoms with E-state index in [-0.39, 0.29) is 0 Å². The monoisotopic (exact) mass is 285 g/mol. The quantitative estimate of drug-likeness (QED) is 0.660. The zero-order valence-electron chi connectivity index (χ0n) is 12.9. The summed E-state index contributed by atoms with van der Waals surface area (Å²) in [5.74, 6) is 0.837. The van der Waals surface area contributed by atoms with Gasteiger partial charge in [-0.1, -0.05) is 66.7 Å². The molecule has 2 heteroatoms. The highest BCUT2D eigenvalue weighted by molar-refractivity contribution is 6.89. The first-order valence-corrected chi connectivity index (χ1v) is 11.4. The summed E-state index contributed by atoms with van der Waals surface area (Å²) < 4.78 is 0. The van der Waals surface area contributed by atoms with Crippen LogP contribution in [0.3, 0.4) is 0 Å². The molecule has 1 aliphatic carbocycles. The minimum Gasteiger partial charge on any atom is -0.310 e. The molecule has 1 fully saturated rings. The van der Waals surface area contributed by atoms with Gasteiger partial charge in [0, 0.05) is 6.04 Å². The summed E-state index contributed by atoms with van der Waals surface area (Å²) in [6.07, 6.45) is 7.96. The molecular formula is C18H27NSi. The van der Waals surface area contributed by atoms with Crippen molar-refractivity contribution < 1.29 is 0 Å². The van der Waals surface area contributed by atoms with Gasteiger partial charge in [-0.15, -0.1) is 0 Å². The largest absolute Gasteiger partial charge is 0.310 e. The first kappa shape index (κ1) is 14.1. The van der Waals surface area contributed by atoms with Crippen LogP contribution in [-0.4, -0.2) is 20.7 Å². The van der Waals surface area contributed by atoms with E-state index in [1.54, 1.807) is 10.8 Å². The molecule has 0 bridgehead atoms. The fourth-order valence-corrected chi connectivity index (χ4v) is 7.06. The van der Waals surface area contributed by atoms with Gasteiger partial charge in [0.15, 0.2) is 0 Å². The first-order chi connectivity index (χ1) is 9.67. The topological polar surface area (TPSA) is 12.0 Å². The van der Waals surface area contributed by atoms with E-state index in [4.69, 9.17) is 0 Å². The zero-order valence-corrected chi connectivity index (χ0v) is 13.9. The molecule has 1 aliphatic heterocycles. The van der Waals surface area contributed by atoms with Crippen molar-refractivity contribution in [2.75, 3.05) is 6.54 Å². The Hall–Kier alpha value is -0.863. The minimum absolute atomic E-state index is 0.697. The summed E-state index contributed by atoms with van der Waals surface area (Å²) in [5, 5.41) is 5.34. The molecule has 2 atom stereocenters. The fraction of sp³-hybridized carbons (Fsp3) is 0.556. The molecule has 0 spiro atoms. The number of fused-ring (bicyclic) bond motifs is 1. The maximum Gasteiger partial charge on any atom is 0.0812 e. The molecule has 0 unspecified atom stereocenters. The molecule has 0 amide bonds. The van der Waals surface area contributed by atoms with Crippen molar-refractivity contribution in [3.63, 3.8) is 0 Å². The SMILES string of the molecule is C[Si](C)(C[C@@H]1CCC[C@H]2NCCC=C12)c1ccccc1. The van der Waals surface area contributed by atoms with Gasteiger partial charge in [0.25, 0.3) is 0 Å². The third kappa shape index (κ3) is 2.91. The molecule has 1 aromatic rings. The fourth-order valence-electron chi connectivity index (χ4n) is 4.05. The van der Waals surface area contributed by atoms with Crippen LogP contribution in [0.2, 0.25) is 19.1 Å². The zero-order chi connectivity index (χ0) is 14.0. The molecule has 0 saturated heterocycles. The Kier molecular flexibility index (Phi) is 4.13. The van der Waals surface area contributed by atoms with Crippen LogP contribution in [0.4, 0.5) is 0 Å². The van der Waals surface area contributed by atoms with Crippen LogP contribution in [0, 0.1) is 5.92 Å². The van der Waals surface area contributed by atoms with E-state index in [0.717, 1.165) is 5.92 Å². The normalized spacial score (nSPS) is 26.8. The van der Waals surface area contributed by atoms with E-state index >= 15 is 0 Å². The van der Waals surface area contributed by atoms with Crippen molar-refractivity contribution >= 4 is 13.3 Å². The molecule has 1 heterocycles. The number of nitrogens with one attached hydrogen (secondary N) is 1. The van der Waals surface area contributed by atoms with Crippen LogP contribution < -0.4 is 10.5 Å². The predicted octanol–water partition coefficient (Wildman–Crippen LogP) is 3.69. The Bertz CT molecular complexity index is 477. The van der Waals surface area contributed by atoms with Crippen LogP contribution in [0.15, 0.2) is 42.0 Å². The van der Waals surface area contributed by atoms with Crippen LogP contribution in [0.25, 0.3) is 0 Å². The van der Waals surface area contributed by atoms with Gasteiger partial charge in [-0.05, 0) is 37.8 Å². The lowest BCUT2D eigenvalue weighted by Crippen LogP contribution is -2.46. The minimum atomic E-state index is -1.31. The molecule has 3 rings (SSSR count). The Balaban J connectivity index is 1.78. The lowest BCUT2D eigenvalue weighted by Gasteiger charge is -2.39. The lowest BCUT2D eigenvalue weighted by atomic mass is 9.80. The molecule has 0 aromatic heterocycles. The van der Waals surface area contributed by atoms with E-state index in [0.29, 0.717) is 6.04 Å². The molecule has 2 aliphatic rings.